The molecule has 3 N–H and O–H groups in total. The maximum absolute atomic E-state index is 12.0. The largest absolute Gasteiger partial charge is 0.398 e. The average Bonchev–Trinajstić information content (AvgIpc) is 2.22. The zero-order chi connectivity index (χ0) is 14.8. The summed E-state index contributed by atoms with van der Waals surface area (Å²) >= 11 is 0. The first kappa shape index (κ1) is 15.9. The minimum Gasteiger partial charge on any atom is -0.398 e. The van der Waals surface area contributed by atoms with E-state index in [4.69, 9.17) is 5.73 Å². The second-order valence-corrected chi connectivity index (χ2v) is 8.51. The minimum absolute atomic E-state index is 0.0431. The molecule has 0 aliphatic rings. The lowest BCUT2D eigenvalue weighted by molar-refractivity contribution is 0.582. The summed E-state index contributed by atoms with van der Waals surface area (Å²) in [5.41, 5.74) is 7.72. The predicted molar refractivity (Wildman–Crippen MR) is 75.2 cm³/mol. The Balaban J connectivity index is 2.95. The van der Waals surface area contributed by atoms with E-state index in [0.29, 0.717) is 5.69 Å². The molecule has 8 heteroatoms. The van der Waals surface area contributed by atoms with Gasteiger partial charge in [0.1, 0.15) is 9.84 Å². The van der Waals surface area contributed by atoms with Gasteiger partial charge in [-0.15, -0.1) is 0 Å². The molecule has 0 aliphatic heterocycles. The zero-order valence-corrected chi connectivity index (χ0v) is 12.7. The Bertz CT molecular complexity index is 656. The van der Waals surface area contributed by atoms with Crippen LogP contribution >= 0.6 is 0 Å². The fraction of sp³-hybridized carbons (Fsp3) is 0.455. The predicted octanol–water partition coefficient (Wildman–Crippen LogP) is 0.209. The molecule has 1 aromatic carbocycles. The lowest BCUT2D eigenvalue weighted by Crippen LogP contribution is -2.29. The first-order valence-electron chi connectivity index (χ1n) is 5.57. The molecule has 0 saturated carbocycles. The van der Waals surface area contributed by atoms with Gasteiger partial charge in [-0.25, -0.2) is 21.6 Å². The summed E-state index contributed by atoms with van der Waals surface area (Å²) in [6, 6.07) is 2.87. The molecule has 0 heterocycles. The van der Waals surface area contributed by atoms with Crippen LogP contribution in [0.1, 0.15) is 11.1 Å². The number of rotatable bonds is 5. The van der Waals surface area contributed by atoms with Crippen molar-refractivity contribution in [3.05, 3.63) is 23.3 Å². The summed E-state index contributed by atoms with van der Waals surface area (Å²) in [5, 5.41) is 0. The number of sulfone groups is 1. The van der Waals surface area contributed by atoms with Crippen molar-refractivity contribution in [1.82, 2.24) is 4.72 Å². The van der Waals surface area contributed by atoms with Crippen LogP contribution in [0.4, 0.5) is 5.69 Å². The lowest BCUT2D eigenvalue weighted by Gasteiger charge is -2.10. The van der Waals surface area contributed by atoms with E-state index in [-0.39, 0.29) is 17.2 Å². The van der Waals surface area contributed by atoms with Crippen molar-refractivity contribution in [3.63, 3.8) is 0 Å². The van der Waals surface area contributed by atoms with Gasteiger partial charge >= 0.3 is 0 Å². The SMILES string of the molecule is Cc1cc(S(=O)(=O)NCCS(C)(=O)=O)cc(N)c1C. The number of hydrogen-bond acceptors (Lipinski definition) is 5. The van der Waals surface area contributed by atoms with E-state index in [2.05, 4.69) is 4.72 Å². The average molecular weight is 306 g/mol. The molecule has 0 bridgehead atoms. The van der Waals surface area contributed by atoms with Crippen molar-refractivity contribution in [3.8, 4) is 0 Å². The number of nitrogens with one attached hydrogen (secondary N) is 1. The van der Waals surface area contributed by atoms with Gasteiger partial charge in [0.25, 0.3) is 0 Å². The summed E-state index contributed by atoms with van der Waals surface area (Å²) in [7, 11) is -6.94. The Morgan fingerprint density at radius 1 is 1.16 bits per heavy atom. The van der Waals surface area contributed by atoms with Crippen LogP contribution in [0.15, 0.2) is 17.0 Å². The standard InChI is InChI=1S/C11H18N2O4S2/c1-8-6-10(7-11(12)9(8)2)19(16,17)13-4-5-18(3,14)15/h6-7,13H,4-5,12H2,1-3H3. The molecule has 0 radical (unpaired) electrons. The maximum Gasteiger partial charge on any atom is 0.240 e. The Hall–Kier alpha value is -1.12. The topological polar surface area (TPSA) is 106 Å². The number of aryl methyl sites for hydroxylation is 1. The van der Waals surface area contributed by atoms with E-state index in [1.807, 2.05) is 0 Å². The number of anilines is 1. The molecule has 0 saturated heterocycles. The molecular formula is C11H18N2O4S2. The molecule has 0 unspecified atom stereocenters. The molecule has 6 nitrogen and oxygen atoms in total. The molecule has 1 rings (SSSR count). The number of nitrogens with two attached hydrogens (primary N) is 1. The van der Waals surface area contributed by atoms with E-state index in [1.54, 1.807) is 13.8 Å². The Labute approximate surface area is 114 Å². The summed E-state index contributed by atoms with van der Waals surface area (Å²) in [6.45, 7) is 3.41. The van der Waals surface area contributed by atoms with Crippen LogP contribution in [0.25, 0.3) is 0 Å². The molecule has 108 valence electrons. The van der Waals surface area contributed by atoms with Gasteiger partial charge in [0.15, 0.2) is 0 Å². The molecule has 19 heavy (non-hydrogen) atoms. The normalized spacial score (nSPS) is 12.6. The number of hydrogen-bond donors (Lipinski definition) is 2. The summed E-state index contributed by atoms with van der Waals surface area (Å²) in [6.07, 6.45) is 1.05. The van der Waals surface area contributed by atoms with Crippen LogP contribution in [-0.4, -0.2) is 35.4 Å². The van der Waals surface area contributed by atoms with Gasteiger partial charge < -0.3 is 5.73 Å². The number of sulfonamides is 1. The lowest BCUT2D eigenvalue weighted by atomic mass is 10.1. The molecule has 0 fully saturated rings. The highest BCUT2D eigenvalue weighted by Gasteiger charge is 2.16. The van der Waals surface area contributed by atoms with E-state index in [1.165, 1.54) is 12.1 Å². The molecule has 0 aliphatic carbocycles. The van der Waals surface area contributed by atoms with Crippen LogP contribution in [0, 0.1) is 13.8 Å². The van der Waals surface area contributed by atoms with Crippen molar-refractivity contribution in [2.75, 3.05) is 24.3 Å². The number of benzene rings is 1. The van der Waals surface area contributed by atoms with E-state index >= 15 is 0 Å². The first-order valence-corrected chi connectivity index (χ1v) is 9.11. The van der Waals surface area contributed by atoms with Gasteiger partial charge in [-0.2, -0.15) is 0 Å². The summed E-state index contributed by atoms with van der Waals surface area (Å²) in [4.78, 5) is 0.0431. The van der Waals surface area contributed by atoms with Crippen molar-refractivity contribution >= 4 is 25.5 Å². The molecule has 1 aromatic rings. The van der Waals surface area contributed by atoms with Gasteiger partial charge in [-0.1, -0.05) is 0 Å². The van der Waals surface area contributed by atoms with Crippen molar-refractivity contribution in [1.29, 1.82) is 0 Å². The maximum atomic E-state index is 12.0. The van der Waals surface area contributed by atoms with Gasteiger partial charge in [-0.3, -0.25) is 0 Å². The van der Waals surface area contributed by atoms with Gasteiger partial charge in [0.2, 0.25) is 10.0 Å². The number of nitrogen functional groups attached to an aromatic ring is 1. The molecule has 0 atom stereocenters. The van der Waals surface area contributed by atoms with Crippen LogP contribution in [0.5, 0.6) is 0 Å². The van der Waals surface area contributed by atoms with Gasteiger partial charge in [-0.05, 0) is 37.1 Å². The third-order valence-electron chi connectivity index (χ3n) is 2.76. The second kappa shape index (κ2) is 5.48. The van der Waals surface area contributed by atoms with Crippen LogP contribution in [0.3, 0.4) is 0 Å². The third-order valence-corrected chi connectivity index (χ3v) is 5.14. The highest BCUT2D eigenvalue weighted by molar-refractivity contribution is 7.91. The minimum atomic E-state index is -3.74. The Morgan fingerprint density at radius 3 is 2.21 bits per heavy atom. The first-order chi connectivity index (χ1) is 8.53. The highest BCUT2D eigenvalue weighted by atomic mass is 32.2. The third kappa shape index (κ3) is 4.48. The molecular weight excluding hydrogens is 288 g/mol. The molecule has 0 aromatic heterocycles. The fourth-order valence-corrected chi connectivity index (χ4v) is 3.21. The van der Waals surface area contributed by atoms with E-state index in [0.717, 1.165) is 17.4 Å². The van der Waals surface area contributed by atoms with Crippen LogP contribution in [0.2, 0.25) is 0 Å². The smallest absolute Gasteiger partial charge is 0.240 e. The Kier molecular flexibility index (Phi) is 4.59. The van der Waals surface area contributed by atoms with Crippen LogP contribution < -0.4 is 10.5 Å². The van der Waals surface area contributed by atoms with Gasteiger partial charge in [0.05, 0.1) is 10.6 Å². The fourth-order valence-electron chi connectivity index (χ4n) is 1.45. The monoisotopic (exact) mass is 306 g/mol. The van der Waals surface area contributed by atoms with E-state index < -0.39 is 19.9 Å². The van der Waals surface area contributed by atoms with E-state index in [9.17, 15) is 16.8 Å². The quantitative estimate of drug-likeness (QED) is 0.756. The highest BCUT2D eigenvalue weighted by Crippen LogP contribution is 2.21. The van der Waals surface area contributed by atoms with Gasteiger partial charge in [0, 0.05) is 18.5 Å². The van der Waals surface area contributed by atoms with Crippen molar-refractivity contribution in [2.45, 2.75) is 18.7 Å². The van der Waals surface area contributed by atoms with Crippen molar-refractivity contribution in [2.24, 2.45) is 0 Å². The van der Waals surface area contributed by atoms with Crippen molar-refractivity contribution < 1.29 is 16.8 Å². The molecule has 0 amide bonds. The second-order valence-electron chi connectivity index (χ2n) is 4.48. The summed E-state index contributed by atoms with van der Waals surface area (Å²) < 4.78 is 48.1. The molecule has 0 spiro atoms. The van der Waals surface area contributed by atoms with Crippen LogP contribution in [-0.2, 0) is 19.9 Å². The summed E-state index contributed by atoms with van der Waals surface area (Å²) in [5.74, 6) is -0.243. The Morgan fingerprint density at radius 2 is 1.74 bits per heavy atom. The zero-order valence-electron chi connectivity index (χ0n) is 11.1.